The molecule has 5 heteroatoms. The van der Waals surface area contributed by atoms with Crippen molar-refractivity contribution in [2.24, 2.45) is 0 Å². The Labute approximate surface area is 117 Å². The highest BCUT2D eigenvalue weighted by molar-refractivity contribution is 5.51. The summed E-state index contributed by atoms with van der Waals surface area (Å²) in [6.07, 6.45) is 5.48. The number of nitrogens with one attached hydrogen (secondary N) is 1. The van der Waals surface area contributed by atoms with Gasteiger partial charge in [-0.25, -0.2) is 4.98 Å². The Morgan fingerprint density at radius 3 is 2.90 bits per heavy atom. The fourth-order valence-corrected chi connectivity index (χ4v) is 2.13. The first-order valence-electron chi connectivity index (χ1n) is 6.48. The monoisotopic (exact) mass is 268 g/mol. The molecule has 0 saturated heterocycles. The predicted molar refractivity (Wildman–Crippen MR) is 76.9 cm³/mol. The van der Waals surface area contributed by atoms with Gasteiger partial charge in [-0.15, -0.1) is 0 Å². The first kappa shape index (κ1) is 12.5. The van der Waals surface area contributed by atoms with Crippen molar-refractivity contribution in [2.45, 2.75) is 20.4 Å². The minimum absolute atomic E-state index is 0.703. The summed E-state index contributed by atoms with van der Waals surface area (Å²) in [5.74, 6) is 0.862. The van der Waals surface area contributed by atoms with E-state index < -0.39 is 0 Å². The van der Waals surface area contributed by atoms with E-state index in [1.165, 1.54) is 0 Å². The fraction of sp³-hybridized carbons (Fsp3) is 0.200. The van der Waals surface area contributed by atoms with Gasteiger partial charge in [-0.05, 0) is 32.0 Å². The molecule has 0 atom stereocenters. The topological polar surface area (TPSA) is 55.9 Å². The first-order valence-corrected chi connectivity index (χ1v) is 6.48. The second kappa shape index (κ2) is 5.21. The van der Waals surface area contributed by atoms with Crippen molar-refractivity contribution in [1.82, 2.24) is 14.7 Å². The fourth-order valence-electron chi connectivity index (χ4n) is 2.13. The smallest absolute Gasteiger partial charge is 0.138 e. The van der Waals surface area contributed by atoms with Gasteiger partial charge in [0.05, 0.1) is 12.0 Å². The third-order valence-corrected chi connectivity index (χ3v) is 3.30. The van der Waals surface area contributed by atoms with Crippen molar-refractivity contribution in [2.75, 3.05) is 5.32 Å². The third-order valence-electron chi connectivity index (χ3n) is 3.30. The maximum absolute atomic E-state index is 5.16. The Bertz CT molecular complexity index is 681. The van der Waals surface area contributed by atoms with Crippen molar-refractivity contribution in [3.05, 3.63) is 60.0 Å². The van der Waals surface area contributed by atoms with Crippen LogP contribution in [-0.2, 0) is 6.54 Å². The van der Waals surface area contributed by atoms with Gasteiger partial charge in [0, 0.05) is 35.9 Å². The molecular weight excluding hydrogens is 252 g/mol. The van der Waals surface area contributed by atoms with Crippen LogP contribution in [0.4, 0.5) is 5.69 Å². The minimum Gasteiger partial charge on any atom is -0.381 e. The standard InChI is InChI=1S/C15H16N4O/c1-11-15(12(2)20-18-11)9-17-13-4-3-5-14(8-13)19-7-6-16-10-19/h3-8,10,17H,9H2,1-2H3. The quantitative estimate of drug-likeness (QED) is 0.790. The molecule has 0 spiro atoms. The summed E-state index contributed by atoms with van der Waals surface area (Å²) in [7, 11) is 0. The molecule has 0 bridgehead atoms. The van der Waals surface area contributed by atoms with Crippen LogP contribution in [0.15, 0.2) is 47.5 Å². The van der Waals surface area contributed by atoms with Gasteiger partial charge in [0.25, 0.3) is 0 Å². The molecule has 3 aromatic rings. The SMILES string of the molecule is Cc1noc(C)c1CNc1cccc(-n2ccnc2)c1. The molecule has 102 valence electrons. The van der Waals surface area contributed by atoms with E-state index in [0.717, 1.165) is 28.4 Å². The lowest BCUT2D eigenvalue weighted by Crippen LogP contribution is -2.02. The van der Waals surface area contributed by atoms with Crippen molar-refractivity contribution in [3.8, 4) is 5.69 Å². The minimum atomic E-state index is 0.703. The zero-order valence-corrected chi connectivity index (χ0v) is 11.5. The number of hydrogen-bond donors (Lipinski definition) is 1. The predicted octanol–water partition coefficient (Wildman–Crippen LogP) is 3.09. The number of hydrogen-bond acceptors (Lipinski definition) is 4. The molecule has 0 fully saturated rings. The van der Waals surface area contributed by atoms with E-state index in [9.17, 15) is 0 Å². The summed E-state index contributed by atoms with van der Waals surface area (Å²) >= 11 is 0. The summed E-state index contributed by atoms with van der Waals surface area (Å²) in [5, 5.41) is 7.36. The highest BCUT2D eigenvalue weighted by Crippen LogP contribution is 2.18. The molecule has 0 radical (unpaired) electrons. The number of rotatable bonds is 4. The molecule has 0 amide bonds. The maximum Gasteiger partial charge on any atom is 0.138 e. The van der Waals surface area contributed by atoms with Crippen LogP contribution in [0, 0.1) is 13.8 Å². The zero-order chi connectivity index (χ0) is 13.9. The average molecular weight is 268 g/mol. The van der Waals surface area contributed by atoms with Crippen LogP contribution in [0.2, 0.25) is 0 Å². The number of benzene rings is 1. The number of aryl methyl sites for hydroxylation is 2. The van der Waals surface area contributed by atoms with Gasteiger partial charge in [0.1, 0.15) is 5.76 Å². The van der Waals surface area contributed by atoms with Gasteiger partial charge in [0.15, 0.2) is 0 Å². The van der Waals surface area contributed by atoms with E-state index in [1.807, 2.05) is 42.8 Å². The molecule has 2 heterocycles. The highest BCUT2D eigenvalue weighted by atomic mass is 16.5. The number of aromatic nitrogens is 3. The van der Waals surface area contributed by atoms with Crippen LogP contribution in [0.3, 0.4) is 0 Å². The Morgan fingerprint density at radius 2 is 2.20 bits per heavy atom. The zero-order valence-electron chi connectivity index (χ0n) is 11.5. The van der Waals surface area contributed by atoms with Crippen LogP contribution >= 0.6 is 0 Å². The Kier molecular flexibility index (Phi) is 3.25. The van der Waals surface area contributed by atoms with Crippen LogP contribution in [0.5, 0.6) is 0 Å². The second-order valence-corrected chi connectivity index (χ2v) is 4.68. The van der Waals surface area contributed by atoms with E-state index in [1.54, 1.807) is 12.5 Å². The molecule has 2 aromatic heterocycles. The normalized spacial score (nSPS) is 10.7. The van der Waals surface area contributed by atoms with Gasteiger partial charge in [-0.2, -0.15) is 0 Å². The van der Waals surface area contributed by atoms with E-state index >= 15 is 0 Å². The van der Waals surface area contributed by atoms with E-state index in [4.69, 9.17) is 4.52 Å². The van der Waals surface area contributed by atoms with E-state index in [-0.39, 0.29) is 0 Å². The Balaban J connectivity index is 1.77. The molecular formula is C15H16N4O. The summed E-state index contributed by atoms with van der Waals surface area (Å²) in [6, 6.07) is 8.19. The summed E-state index contributed by atoms with van der Waals surface area (Å²) in [5.41, 5.74) is 4.17. The lowest BCUT2D eigenvalue weighted by atomic mass is 10.2. The van der Waals surface area contributed by atoms with E-state index in [2.05, 4.69) is 21.5 Å². The number of imidazole rings is 1. The van der Waals surface area contributed by atoms with Gasteiger partial charge in [0.2, 0.25) is 0 Å². The molecule has 0 aliphatic rings. The number of anilines is 1. The first-order chi connectivity index (χ1) is 9.74. The van der Waals surface area contributed by atoms with Crippen molar-refractivity contribution in [1.29, 1.82) is 0 Å². The van der Waals surface area contributed by atoms with Crippen LogP contribution in [-0.4, -0.2) is 14.7 Å². The molecule has 0 unspecified atom stereocenters. The largest absolute Gasteiger partial charge is 0.381 e. The van der Waals surface area contributed by atoms with E-state index in [0.29, 0.717) is 6.54 Å². The maximum atomic E-state index is 5.16. The van der Waals surface area contributed by atoms with Crippen LogP contribution < -0.4 is 5.32 Å². The van der Waals surface area contributed by atoms with Crippen molar-refractivity contribution >= 4 is 5.69 Å². The molecule has 1 aromatic carbocycles. The molecule has 0 aliphatic carbocycles. The van der Waals surface area contributed by atoms with Crippen LogP contribution in [0.1, 0.15) is 17.0 Å². The van der Waals surface area contributed by atoms with Crippen molar-refractivity contribution in [3.63, 3.8) is 0 Å². The lowest BCUT2D eigenvalue weighted by Gasteiger charge is -2.08. The van der Waals surface area contributed by atoms with Gasteiger partial charge in [-0.1, -0.05) is 11.2 Å². The average Bonchev–Trinajstić information content (AvgIpc) is 3.09. The second-order valence-electron chi connectivity index (χ2n) is 4.68. The Hall–Kier alpha value is -2.56. The molecule has 0 saturated carbocycles. The molecule has 0 aliphatic heterocycles. The lowest BCUT2D eigenvalue weighted by molar-refractivity contribution is 0.392. The van der Waals surface area contributed by atoms with Crippen molar-refractivity contribution < 1.29 is 4.52 Å². The van der Waals surface area contributed by atoms with Crippen LogP contribution in [0.25, 0.3) is 5.69 Å². The molecule has 3 rings (SSSR count). The Morgan fingerprint density at radius 1 is 1.30 bits per heavy atom. The summed E-state index contributed by atoms with van der Waals surface area (Å²) in [6.45, 7) is 4.59. The molecule has 20 heavy (non-hydrogen) atoms. The van der Waals surface area contributed by atoms with Gasteiger partial charge >= 0.3 is 0 Å². The highest BCUT2D eigenvalue weighted by Gasteiger charge is 2.08. The van der Waals surface area contributed by atoms with Gasteiger partial charge < -0.3 is 14.4 Å². The summed E-state index contributed by atoms with van der Waals surface area (Å²) < 4.78 is 7.14. The molecule has 1 N–H and O–H groups in total. The third kappa shape index (κ3) is 2.42. The molecule has 5 nitrogen and oxygen atoms in total. The number of nitrogens with zero attached hydrogens (tertiary/aromatic N) is 3. The van der Waals surface area contributed by atoms with Gasteiger partial charge in [-0.3, -0.25) is 0 Å². The summed E-state index contributed by atoms with van der Waals surface area (Å²) in [4.78, 5) is 4.06.